The smallest absolute Gasteiger partial charge is 0.240 e. The van der Waals surface area contributed by atoms with E-state index < -0.39 is 0 Å². The molecular weight excluding hydrogens is 484 g/mol. The van der Waals surface area contributed by atoms with Gasteiger partial charge in [-0.3, -0.25) is 9.59 Å². The summed E-state index contributed by atoms with van der Waals surface area (Å²) >= 11 is 0. The average Bonchev–Trinajstić information content (AvgIpc) is 2.97. The van der Waals surface area contributed by atoms with Crippen LogP contribution in [0.5, 0.6) is 0 Å². The summed E-state index contributed by atoms with van der Waals surface area (Å²) in [6.45, 7) is 3.80. The second-order valence-electron chi connectivity index (χ2n) is 9.86. The largest absolute Gasteiger partial charge is 0.273 e. The van der Waals surface area contributed by atoms with E-state index in [1.165, 1.54) is 10.8 Å². The van der Waals surface area contributed by atoms with E-state index in [9.17, 15) is 9.59 Å². The molecule has 6 nitrogen and oxygen atoms in total. The van der Waals surface area contributed by atoms with Gasteiger partial charge in [0.05, 0.1) is 11.4 Å². The molecule has 6 heteroatoms. The van der Waals surface area contributed by atoms with Crippen molar-refractivity contribution in [3.63, 3.8) is 0 Å². The predicted molar refractivity (Wildman–Crippen MR) is 161 cm³/mol. The first kappa shape index (κ1) is 27.7. The van der Waals surface area contributed by atoms with Crippen molar-refractivity contribution in [2.75, 3.05) is 0 Å². The lowest BCUT2D eigenvalue weighted by molar-refractivity contribution is -0.121. The van der Waals surface area contributed by atoms with Crippen LogP contribution in [0.1, 0.15) is 69.9 Å². The molecule has 0 fully saturated rings. The molecule has 0 bridgehead atoms. The van der Waals surface area contributed by atoms with Crippen LogP contribution in [0.3, 0.4) is 0 Å². The molecule has 4 aromatic rings. The number of rotatable bonds is 12. The van der Waals surface area contributed by atoms with Crippen LogP contribution in [0.4, 0.5) is 0 Å². The summed E-state index contributed by atoms with van der Waals surface area (Å²) in [6.07, 6.45) is 5.37. The van der Waals surface area contributed by atoms with Crippen LogP contribution in [0, 0.1) is 0 Å². The van der Waals surface area contributed by atoms with E-state index >= 15 is 0 Å². The molecule has 0 aromatic heterocycles. The van der Waals surface area contributed by atoms with Crippen molar-refractivity contribution in [1.82, 2.24) is 10.9 Å². The maximum absolute atomic E-state index is 12.2. The topological polar surface area (TPSA) is 82.9 Å². The monoisotopic (exact) mass is 520 g/mol. The molecule has 0 atom stereocenters. The van der Waals surface area contributed by atoms with Gasteiger partial charge in [0, 0.05) is 12.8 Å². The van der Waals surface area contributed by atoms with E-state index in [1.807, 2.05) is 50.2 Å². The first-order valence-corrected chi connectivity index (χ1v) is 13.6. The minimum atomic E-state index is -0.0749. The van der Waals surface area contributed by atoms with Crippen molar-refractivity contribution >= 4 is 44.8 Å². The number of benzene rings is 4. The zero-order valence-corrected chi connectivity index (χ0v) is 22.7. The highest BCUT2D eigenvalue weighted by atomic mass is 16.2. The van der Waals surface area contributed by atoms with Crippen molar-refractivity contribution in [2.24, 2.45) is 10.2 Å². The van der Waals surface area contributed by atoms with E-state index in [-0.39, 0.29) is 11.8 Å². The van der Waals surface area contributed by atoms with E-state index in [4.69, 9.17) is 0 Å². The van der Waals surface area contributed by atoms with Gasteiger partial charge in [0.1, 0.15) is 0 Å². The molecule has 0 aliphatic rings. The van der Waals surface area contributed by atoms with Gasteiger partial charge in [-0.2, -0.15) is 10.2 Å². The standard InChI is InChI=1S/C33H36N4O2/c1-24(28-20-18-26-12-8-10-14-30(26)22-28)34-36-32(38)16-6-4-3-5-7-17-33(39)37-35-25(2)29-21-19-27-13-9-11-15-31(27)23-29/h8-15,18-23H,3-7,16-17H2,1-2H3,(H,36,38)(H,37,39)/b34-24-,35-25-. The van der Waals surface area contributed by atoms with E-state index in [1.54, 1.807) is 0 Å². The number of hydrazone groups is 2. The summed E-state index contributed by atoms with van der Waals surface area (Å²) in [4.78, 5) is 24.4. The molecule has 4 aromatic carbocycles. The minimum Gasteiger partial charge on any atom is -0.273 e. The van der Waals surface area contributed by atoms with E-state index in [2.05, 4.69) is 69.6 Å². The zero-order valence-electron chi connectivity index (χ0n) is 22.7. The van der Waals surface area contributed by atoms with Gasteiger partial charge in [-0.25, -0.2) is 10.9 Å². The summed E-state index contributed by atoms with van der Waals surface area (Å²) in [5.41, 5.74) is 8.90. The molecule has 4 rings (SSSR count). The van der Waals surface area contributed by atoms with Crippen LogP contribution in [-0.4, -0.2) is 23.2 Å². The van der Waals surface area contributed by atoms with Gasteiger partial charge in [-0.1, -0.05) is 92.1 Å². The van der Waals surface area contributed by atoms with Crippen LogP contribution in [0.2, 0.25) is 0 Å². The van der Waals surface area contributed by atoms with Crippen LogP contribution in [0.15, 0.2) is 95.1 Å². The normalized spacial score (nSPS) is 12.1. The van der Waals surface area contributed by atoms with Crippen LogP contribution >= 0.6 is 0 Å². The Kier molecular flexibility index (Phi) is 9.95. The zero-order chi connectivity index (χ0) is 27.5. The molecule has 0 saturated carbocycles. The van der Waals surface area contributed by atoms with Gasteiger partial charge in [0.2, 0.25) is 11.8 Å². The van der Waals surface area contributed by atoms with Crippen LogP contribution in [0.25, 0.3) is 21.5 Å². The highest BCUT2D eigenvalue weighted by molar-refractivity contribution is 6.03. The third-order valence-electron chi connectivity index (χ3n) is 6.84. The molecule has 2 N–H and O–H groups in total. The van der Waals surface area contributed by atoms with Crippen molar-refractivity contribution in [3.8, 4) is 0 Å². The highest BCUT2D eigenvalue weighted by Gasteiger charge is 2.05. The molecule has 39 heavy (non-hydrogen) atoms. The van der Waals surface area contributed by atoms with E-state index in [0.29, 0.717) is 12.8 Å². The fourth-order valence-corrected chi connectivity index (χ4v) is 4.46. The SMILES string of the molecule is C/C(=N/NC(=O)CCCCCCCC(=O)N/N=C(/C)c1ccc2ccccc2c1)c1ccc2ccccc2c1. The Morgan fingerprint density at radius 1 is 0.538 bits per heavy atom. The van der Waals surface area contributed by atoms with Crippen molar-refractivity contribution in [1.29, 1.82) is 0 Å². The number of carbonyl (C=O) groups excluding carboxylic acids is 2. The third-order valence-corrected chi connectivity index (χ3v) is 6.84. The Hall–Kier alpha value is -4.32. The van der Waals surface area contributed by atoms with Crippen molar-refractivity contribution in [2.45, 2.75) is 58.8 Å². The number of fused-ring (bicyclic) bond motifs is 2. The van der Waals surface area contributed by atoms with Gasteiger partial charge in [-0.05, 0) is 71.5 Å². The molecule has 0 unspecified atom stereocenters. The number of unbranched alkanes of at least 4 members (excludes halogenated alkanes) is 4. The number of carbonyl (C=O) groups is 2. The molecule has 0 saturated heterocycles. The quantitative estimate of drug-likeness (QED) is 0.119. The van der Waals surface area contributed by atoms with Gasteiger partial charge in [0.25, 0.3) is 0 Å². The lowest BCUT2D eigenvalue weighted by Crippen LogP contribution is -2.19. The summed E-state index contributed by atoms with van der Waals surface area (Å²) < 4.78 is 0. The Morgan fingerprint density at radius 2 is 0.923 bits per heavy atom. The Balaban J connectivity index is 1.08. The molecule has 2 amide bonds. The summed E-state index contributed by atoms with van der Waals surface area (Å²) in [7, 11) is 0. The van der Waals surface area contributed by atoms with Crippen LogP contribution in [-0.2, 0) is 9.59 Å². The van der Waals surface area contributed by atoms with Gasteiger partial charge in [0.15, 0.2) is 0 Å². The van der Waals surface area contributed by atoms with Crippen LogP contribution < -0.4 is 10.9 Å². The summed E-state index contributed by atoms with van der Waals surface area (Å²) in [6, 6.07) is 28.7. The molecule has 0 heterocycles. The Labute approximate surface area is 230 Å². The maximum atomic E-state index is 12.2. The number of hydrogen-bond acceptors (Lipinski definition) is 4. The van der Waals surface area contributed by atoms with Crippen molar-refractivity contribution < 1.29 is 9.59 Å². The Bertz CT molecular complexity index is 1390. The lowest BCUT2D eigenvalue weighted by atomic mass is 10.0. The number of nitrogens with one attached hydrogen (secondary N) is 2. The van der Waals surface area contributed by atoms with Gasteiger partial charge in [-0.15, -0.1) is 0 Å². The second kappa shape index (κ2) is 14.0. The number of hydrogen-bond donors (Lipinski definition) is 2. The summed E-state index contributed by atoms with van der Waals surface area (Å²) in [5, 5.41) is 13.2. The first-order chi connectivity index (χ1) is 19.0. The number of amides is 2. The fourth-order valence-electron chi connectivity index (χ4n) is 4.46. The summed E-state index contributed by atoms with van der Waals surface area (Å²) in [5.74, 6) is -0.150. The molecular formula is C33H36N4O2. The molecule has 0 aliphatic carbocycles. The lowest BCUT2D eigenvalue weighted by Gasteiger charge is -2.06. The highest BCUT2D eigenvalue weighted by Crippen LogP contribution is 2.17. The molecule has 200 valence electrons. The molecule has 0 spiro atoms. The van der Waals surface area contributed by atoms with Gasteiger partial charge >= 0.3 is 0 Å². The first-order valence-electron chi connectivity index (χ1n) is 13.6. The molecule has 0 radical (unpaired) electrons. The third kappa shape index (κ3) is 8.34. The second-order valence-corrected chi connectivity index (χ2v) is 9.86. The predicted octanol–water partition coefficient (Wildman–Crippen LogP) is 7.10. The van der Waals surface area contributed by atoms with Crippen molar-refractivity contribution in [3.05, 3.63) is 96.1 Å². The minimum absolute atomic E-state index is 0.0749. The average molecular weight is 521 g/mol. The molecule has 0 aliphatic heterocycles. The Morgan fingerprint density at radius 3 is 1.36 bits per heavy atom. The maximum Gasteiger partial charge on any atom is 0.240 e. The number of nitrogens with zero attached hydrogens (tertiary/aromatic N) is 2. The fraction of sp³-hybridized carbons (Fsp3) is 0.273. The van der Waals surface area contributed by atoms with E-state index in [0.717, 1.165) is 65.4 Å². The van der Waals surface area contributed by atoms with Gasteiger partial charge < -0.3 is 0 Å².